The van der Waals surface area contributed by atoms with Crippen LogP contribution in [0.1, 0.15) is 61.6 Å². The molecule has 1 fully saturated rings. The zero-order valence-corrected chi connectivity index (χ0v) is 24.3. The summed E-state index contributed by atoms with van der Waals surface area (Å²) in [4.78, 5) is 54.1. The maximum atomic E-state index is 13.6. The Bertz CT molecular complexity index is 1260. The fraction of sp³-hybridized carbons (Fsp3) is 0.484. The first-order valence-electron chi connectivity index (χ1n) is 14.5. The summed E-state index contributed by atoms with van der Waals surface area (Å²) in [7, 11) is 0. The third-order valence-corrected chi connectivity index (χ3v) is 8.44. The second-order valence-corrected chi connectivity index (χ2v) is 11.5. The summed E-state index contributed by atoms with van der Waals surface area (Å²) in [6.45, 7) is 2.93. The van der Waals surface area contributed by atoms with Crippen LogP contribution in [0, 0.1) is 12.8 Å². The van der Waals surface area contributed by atoms with Crippen molar-refractivity contribution < 1.29 is 19.2 Å². The molecule has 4 rings (SSSR count). The molecule has 1 heterocycles. The first-order chi connectivity index (χ1) is 19.7. The minimum absolute atomic E-state index is 0.00504. The quantitative estimate of drug-likeness (QED) is 0.322. The Morgan fingerprint density at radius 3 is 2.49 bits per heavy atom. The second-order valence-electron chi connectivity index (χ2n) is 11.1. The number of carbonyl (C=O) groups is 4. The standard InChI is InChI=1S/C31H40ClN5O4/c1-20-16-24(10-11-25(20)32)35-30(40)26(14-15-33)36-31(41)27-17-22-8-4-5-9-23(22)19-37(27)29(39)13-12-28(38)34-18-21-6-2-3-7-21/h4-5,8-11,16,21,26-27H,2-3,6-7,12-15,17-19,33H2,1H3,(H,34,38)(H,35,40)(H,36,41)/t26-,27-/m0/s1. The molecule has 0 unspecified atom stereocenters. The first kappa shape index (κ1) is 30.5. The molecule has 1 saturated carbocycles. The Kier molecular flexibility index (Phi) is 10.8. The summed E-state index contributed by atoms with van der Waals surface area (Å²) in [5, 5.41) is 9.21. The number of anilines is 1. The predicted octanol–water partition coefficient (Wildman–Crippen LogP) is 3.46. The van der Waals surface area contributed by atoms with Crippen LogP contribution in [0.4, 0.5) is 5.69 Å². The Balaban J connectivity index is 1.42. The van der Waals surface area contributed by atoms with Crippen molar-refractivity contribution in [2.24, 2.45) is 11.7 Å². The molecule has 9 nitrogen and oxygen atoms in total. The number of hydrogen-bond donors (Lipinski definition) is 4. The number of halogens is 1. The molecular formula is C31H40ClN5O4. The van der Waals surface area contributed by atoms with E-state index < -0.39 is 23.9 Å². The molecule has 1 aliphatic heterocycles. The topological polar surface area (TPSA) is 134 Å². The predicted molar refractivity (Wildman–Crippen MR) is 159 cm³/mol. The van der Waals surface area contributed by atoms with Crippen molar-refractivity contribution in [1.82, 2.24) is 15.5 Å². The van der Waals surface area contributed by atoms with E-state index in [4.69, 9.17) is 17.3 Å². The van der Waals surface area contributed by atoms with E-state index in [1.807, 2.05) is 31.2 Å². The highest BCUT2D eigenvalue weighted by molar-refractivity contribution is 6.31. The Morgan fingerprint density at radius 2 is 1.78 bits per heavy atom. The van der Waals surface area contributed by atoms with Crippen molar-refractivity contribution >= 4 is 40.9 Å². The van der Waals surface area contributed by atoms with Gasteiger partial charge in [0.05, 0.1) is 0 Å². The third-order valence-electron chi connectivity index (χ3n) is 8.01. The second kappa shape index (κ2) is 14.5. The molecule has 2 aliphatic rings. The van der Waals surface area contributed by atoms with E-state index in [1.165, 1.54) is 17.7 Å². The average Bonchev–Trinajstić information content (AvgIpc) is 3.49. The van der Waals surface area contributed by atoms with Crippen LogP contribution < -0.4 is 21.7 Å². The van der Waals surface area contributed by atoms with E-state index in [2.05, 4.69) is 16.0 Å². The lowest BCUT2D eigenvalue weighted by molar-refractivity contribution is -0.143. The molecule has 0 radical (unpaired) electrons. The highest BCUT2D eigenvalue weighted by atomic mass is 35.5. The molecule has 2 aromatic carbocycles. The van der Waals surface area contributed by atoms with Gasteiger partial charge in [0, 0.05) is 43.1 Å². The van der Waals surface area contributed by atoms with E-state index in [9.17, 15) is 19.2 Å². The summed E-state index contributed by atoms with van der Waals surface area (Å²) in [6, 6.07) is 11.1. The summed E-state index contributed by atoms with van der Waals surface area (Å²) in [6.07, 6.45) is 5.28. The number of nitrogens with one attached hydrogen (secondary N) is 3. The minimum Gasteiger partial charge on any atom is -0.356 e. The maximum absolute atomic E-state index is 13.6. The molecule has 10 heteroatoms. The van der Waals surface area contributed by atoms with Crippen LogP contribution in [0.15, 0.2) is 42.5 Å². The highest BCUT2D eigenvalue weighted by Crippen LogP contribution is 2.26. The molecule has 41 heavy (non-hydrogen) atoms. The summed E-state index contributed by atoms with van der Waals surface area (Å²) in [5.41, 5.74) is 9.09. The normalized spacial score (nSPS) is 17.4. The van der Waals surface area contributed by atoms with Gasteiger partial charge >= 0.3 is 0 Å². The van der Waals surface area contributed by atoms with E-state index in [-0.39, 0.29) is 44.2 Å². The Hall–Kier alpha value is -3.43. The van der Waals surface area contributed by atoms with Gasteiger partial charge in [-0.2, -0.15) is 0 Å². The van der Waals surface area contributed by atoms with Gasteiger partial charge in [-0.3, -0.25) is 19.2 Å². The van der Waals surface area contributed by atoms with Crippen LogP contribution >= 0.6 is 11.6 Å². The van der Waals surface area contributed by atoms with Crippen molar-refractivity contribution in [2.45, 2.75) is 76.9 Å². The van der Waals surface area contributed by atoms with Gasteiger partial charge in [-0.25, -0.2) is 0 Å². The maximum Gasteiger partial charge on any atom is 0.246 e. The van der Waals surface area contributed by atoms with E-state index in [0.29, 0.717) is 29.6 Å². The number of amides is 4. The molecule has 2 aromatic rings. The van der Waals surface area contributed by atoms with Gasteiger partial charge in [-0.15, -0.1) is 0 Å². The fourth-order valence-electron chi connectivity index (χ4n) is 5.60. The van der Waals surface area contributed by atoms with E-state index >= 15 is 0 Å². The van der Waals surface area contributed by atoms with Crippen molar-refractivity contribution in [2.75, 3.05) is 18.4 Å². The van der Waals surface area contributed by atoms with Gasteiger partial charge in [-0.1, -0.05) is 48.7 Å². The largest absolute Gasteiger partial charge is 0.356 e. The van der Waals surface area contributed by atoms with Crippen LogP contribution in [0.5, 0.6) is 0 Å². The third kappa shape index (κ3) is 8.30. The average molecular weight is 582 g/mol. The number of nitrogens with two attached hydrogens (primary N) is 1. The van der Waals surface area contributed by atoms with Crippen LogP contribution in [-0.4, -0.2) is 53.7 Å². The monoisotopic (exact) mass is 581 g/mol. The van der Waals surface area contributed by atoms with Gasteiger partial charge in [0.15, 0.2) is 0 Å². The number of hydrogen-bond acceptors (Lipinski definition) is 5. The van der Waals surface area contributed by atoms with E-state index in [0.717, 1.165) is 29.5 Å². The number of benzene rings is 2. The number of fused-ring (bicyclic) bond motifs is 1. The molecule has 1 aliphatic carbocycles. The van der Waals surface area contributed by atoms with Crippen LogP contribution in [0.3, 0.4) is 0 Å². The SMILES string of the molecule is Cc1cc(NC(=O)[C@H](CCN)NC(=O)[C@@H]2Cc3ccccc3CN2C(=O)CCC(=O)NCC2CCCC2)ccc1Cl. The van der Waals surface area contributed by atoms with Gasteiger partial charge in [0.1, 0.15) is 12.1 Å². The Labute approximate surface area is 246 Å². The lowest BCUT2D eigenvalue weighted by atomic mass is 9.92. The van der Waals surface area contributed by atoms with Crippen LogP contribution in [0.2, 0.25) is 5.02 Å². The van der Waals surface area contributed by atoms with Crippen LogP contribution in [-0.2, 0) is 32.1 Å². The Morgan fingerprint density at radius 1 is 1.05 bits per heavy atom. The lowest BCUT2D eigenvalue weighted by Crippen LogP contribution is -2.56. The zero-order valence-electron chi connectivity index (χ0n) is 23.6. The lowest BCUT2D eigenvalue weighted by Gasteiger charge is -2.36. The van der Waals surface area contributed by atoms with Crippen molar-refractivity contribution in [3.63, 3.8) is 0 Å². The molecule has 4 amide bonds. The molecule has 0 aromatic heterocycles. The van der Waals surface area contributed by atoms with Crippen LogP contribution in [0.25, 0.3) is 0 Å². The molecule has 0 spiro atoms. The molecular weight excluding hydrogens is 542 g/mol. The number of carbonyl (C=O) groups excluding carboxylic acids is 4. The summed E-state index contributed by atoms with van der Waals surface area (Å²) >= 11 is 6.10. The van der Waals surface area contributed by atoms with Gasteiger partial charge in [0.2, 0.25) is 23.6 Å². The van der Waals surface area contributed by atoms with E-state index in [1.54, 1.807) is 18.2 Å². The summed E-state index contributed by atoms with van der Waals surface area (Å²) in [5.74, 6) is -0.741. The number of rotatable bonds is 11. The number of aryl methyl sites for hydroxylation is 1. The molecule has 220 valence electrons. The molecule has 0 bridgehead atoms. The first-order valence-corrected chi connectivity index (χ1v) is 14.8. The van der Waals surface area contributed by atoms with Crippen molar-refractivity contribution in [3.05, 3.63) is 64.2 Å². The molecule has 2 atom stereocenters. The highest BCUT2D eigenvalue weighted by Gasteiger charge is 2.36. The zero-order chi connectivity index (χ0) is 29.4. The smallest absolute Gasteiger partial charge is 0.246 e. The fourth-order valence-corrected chi connectivity index (χ4v) is 5.72. The minimum atomic E-state index is -0.890. The van der Waals surface area contributed by atoms with Crippen molar-refractivity contribution in [3.8, 4) is 0 Å². The van der Waals surface area contributed by atoms with Gasteiger partial charge in [0.25, 0.3) is 0 Å². The number of nitrogens with zero attached hydrogens (tertiary/aromatic N) is 1. The van der Waals surface area contributed by atoms with Crippen molar-refractivity contribution in [1.29, 1.82) is 0 Å². The molecule has 5 N–H and O–H groups in total. The van der Waals surface area contributed by atoms with Gasteiger partial charge in [-0.05, 0) is 73.5 Å². The summed E-state index contributed by atoms with van der Waals surface area (Å²) < 4.78 is 0. The van der Waals surface area contributed by atoms with Gasteiger partial charge < -0.3 is 26.6 Å². The molecule has 0 saturated heterocycles.